The van der Waals surface area contributed by atoms with Crippen molar-refractivity contribution in [3.05, 3.63) is 29.3 Å². The number of hydrogen-bond acceptors (Lipinski definition) is 3. The zero-order chi connectivity index (χ0) is 19.2. The van der Waals surface area contributed by atoms with Gasteiger partial charge in [-0.3, -0.25) is 9.59 Å². The first-order valence-corrected chi connectivity index (χ1v) is 9.49. The smallest absolute Gasteiger partial charge is 0.277 e. The molecule has 0 aromatic heterocycles. The normalized spacial score (nSPS) is 22.1. The van der Waals surface area contributed by atoms with Crippen LogP contribution in [0, 0.1) is 5.92 Å². The van der Waals surface area contributed by atoms with Crippen LogP contribution in [0.5, 0.6) is 0 Å². The molecule has 2 saturated carbocycles. The molecule has 144 valence electrons. The summed E-state index contributed by atoms with van der Waals surface area (Å²) in [5.41, 5.74) is 7.92. The summed E-state index contributed by atoms with van der Waals surface area (Å²) in [6.07, 6.45) is 3.74. The van der Waals surface area contributed by atoms with Gasteiger partial charge in [0.1, 0.15) is 0 Å². The van der Waals surface area contributed by atoms with Gasteiger partial charge in [0.25, 0.3) is 11.8 Å². The third-order valence-corrected chi connectivity index (χ3v) is 5.45. The molecule has 2 N–H and O–H groups in total. The van der Waals surface area contributed by atoms with Crippen LogP contribution >= 0.6 is 0 Å². The number of aliphatic imine (C=N–C) groups is 1. The van der Waals surface area contributed by atoms with E-state index in [2.05, 4.69) is 4.99 Å². The molecule has 1 saturated heterocycles. The van der Waals surface area contributed by atoms with E-state index < -0.39 is 17.7 Å². The van der Waals surface area contributed by atoms with Crippen LogP contribution in [0.15, 0.2) is 23.2 Å². The van der Waals surface area contributed by atoms with Crippen LogP contribution < -0.4 is 10.6 Å². The molecule has 2 aliphatic carbocycles. The Labute approximate surface area is 156 Å². The molecule has 3 aliphatic rings. The Morgan fingerprint density at radius 3 is 2.52 bits per heavy atom. The number of alkyl halides is 2. The van der Waals surface area contributed by atoms with Crippen molar-refractivity contribution < 1.29 is 18.4 Å². The summed E-state index contributed by atoms with van der Waals surface area (Å²) < 4.78 is 27.4. The molecular formula is C20H23F2N3O2. The fourth-order valence-electron chi connectivity index (χ4n) is 3.70. The lowest BCUT2D eigenvalue weighted by Crippen LogP contribution is -2.26. The summed E-state index contributed by atoms with van der Waals surface area (Å²) >= 11 is 0. The number of carbonyl (C=O) groups is 2. The lowest BCUT2D eigenvalue weighted by atomic mass is 10.0. The zero-order valence-corrected chi connectivity index (χ0v) is 15.1. The van der Waals surface area contributed by atoms with Crippen molar-refractivity contribution >= 4 is 23.2 Å². The fourth-order valence-corrected chi connectivity index (χ4v) is 3.70. The van der Waals surface area contributed by atoms with Crippen LogP contribution in [0.3, 0.4) is 0 Å². The molecule has 7 heteroatoms. The Hall–Kier alpha value is -2.31. The molecular weight excluding hydrogens is 352 g/mol. The molecule has 5 nitrogen and oxygen atoms in total. The minimum absolute atomic E-state index is 0.0121. The fraction of sp³-hybridized carbons (Fsp3) is 0.550. The summed E-state index contributed by atoms with van der Waals surface area (Å²) in [6.45, 7) is -0.0364. The Bertz CT molecular complexity index is 813. The van der Waals surface area contributed by atoms with Crippen molar-refractivity contribution in [3.8, 4) is 0 Å². The van der Waals surface area contributed by atoms with Crippen molar-refractivity contribution in [2.75, 3.05) is 18.0 Å². The predicted molar refractivity (Wildman–Crippen MR) is 98.5 cm³/mol. The monoisotopic (exact) mass is 375 g/mol. The highest BCUT2D eigenvalue weighted by Crippen LogP contribution is 2.46. The first-order chi connectivity index (χ1) is 12.8. The van der Waals surface area contributed by atoms with E-state index in [-0.39, 0.29) is 31.8 Å². The molecule has 1 aromatic rings. The largest absolute Gasteiger partial charge is 0.369 e. The third-order valence-electron chi connectivity index (χ3n) is 5.45. The van der Waals surface area contributed by atoms with Gasteiger partial charge in [0.15, 0.2) is 0 Å². The van der Waals surface area contributed by atoms with Gasteiger partial charge in [-0.05, 0) is 55.2 Å². The number of carbonyl (C=O) groups excluding carboxylic acids is 2. The number of halogens is 2. The van der Waals surface area contributed by atoms with Crippen LogP contribution in [0.1, 0.15) is 60.4 Å². The molecule has 0 radical (unpaired) electrons. The predicted octanol–water partition coefficient (Wildman–Crippen LogP) is 3.28. The highest BCUT2D eigenvalue weighted by atomic mass is 19.3. The molecule has 0 atom stereocenters. The van der Waals surface area contributed by atoms with Crippen LogP contribution in [-0.4, -0.2) is 36.5 Å². The van der Waals surface area contributed by atoms with E-state index in [0.717, 1.165) is 36.9 Å². The number of hydrogen-bond donors (Lipinski definition) is 1. The maximum absolute atomic E-state index is 13.7. The van der Waals surface area contributed by atoms with Gasteiger partial charge in [0.05, 0.1) is 13.0 Å². The van der Waals surface area contributed by atoms with Crippen LogP contribution in [0.25, 0.3) is 0 Å². The van der Waals surface area contributed by atoms with E-state index in [1.807, 2.05) is 6.07 Å². The van der Waals surface area contributed by atoms with Crippen molar-refractivity contribution in [2.24, 2.45) is 16.6 Å². The van der Waals surface area contributed by atoms with Crippen molar-refractivity contribution in [3.63, 3.8) is 0 Å². The van der Waals surface area contributed by atoms with E-state index in [4.69, 9.17) is 5.73 Å². The standard InChI is InChI=1S/C20H23F2N3O2/c21-20(22)7-8-25(11-20)17-9-14(5-6-15(17)12-1-2-12)19(27)24-16(10-18(23)26)13-3-4-13/h5-6,9,12-13H,1-4,7-8,10-11H2,(H2,23,26). The summed E-state index contributed by atoms with van der Waals surface area (Å²) in [5.74, 6) is -3.09. The zero-order valence-electron chi connectivity index (χ0n) is 15.1. The molecule has 1 heterocycles. The van der Waals surface area contributed by atoms with Crippen LogP contribution in [0.4, 0.5) is 14.5 Å². The first-order valence-electron chi connectivity index (χ1n) is 9.49. The summed E-state index contributed by atoms with van der Waals surface area (Å²) in [5, 5.41) is 0. The van der Waals surface area contributed by atoms with Crippen LogP contribution in [-0.2, 0) is 4.79 Å². The first kappa shape index (κ1) is 18.1. The number of nitrogens with zero attached hydrogens (tertiary/aromatic N) is 2. The number of benzene rings is 1. The van der Waals surface area contributed by atoms with E-state index in [1.54, 1.807) is 17.0 Å². The van der Waals surface area contributed by atoms with E-state index in [0.29, 0.717) is 17.2 Å². The number of rotatable bonds is 6. The average molecular weight is 375 g/mol. The lowest BCUT2D eigenvalue weighted by molar-refractivity contribution is -0.116. The Morgan fingerprint density at radius 1 is 1.22 bits per heavy atom. The quantitative estimate of drug-likeness (QED) is 0.776. The van der Waals surface area contributed by atoms with Gasteiger partial charge in [-0.2, -0.15) is 0 Å². The average Bonchev–Trinajstić information content (AvgIpc) is 3.51. The van der Waals surface area contributed by atoms with Crippen molar-refractivity contribution in [2.45, 2.75) is 50.4 Å². The number of anilines is 1. The maximum Gasteiger partial charge on any atom is 0.277 e. The molecule has 0 bridgehead atoms. The molecule has 0 unspecified atom stereocenters. The molecule has 27 heavy (non-hydrogen) atoms. The Morgan fingerprint density at radius 2 is 1.96 bits per heavy atom. The summed E-state index contributed by atoms with van der Waals surface area (Å²) in [4.78, 5) is 29.7. The maximum atomic E-state index is 13.7. The molecule has 1 aromatic carbocycles. The Balaban J connectivity index is 1.62. The number of primary amides is 1. The topological polar surface area (TPSA) is 75.8 Å². The van der Waals surface area contributed by atoms with Gasteiger partial charge >= 0.3 is 0 Å². The van der Waals surface area contributed by atoms with Crippen molar-refractivity contribution in [1.29, 1.82) is 0 Å². The molecule has 2 amide bonds. The van der Waals surface area contributed by atoms with E-state index >= 15 is 0 Å². The second kappa shape index (κ2) is 6.69. The molecule has 1 aliphatic heterocycles. The van der Waals surface area contributed by atoms with Crippen molar-refractivity contribution in [1.82, 2.24) is 0 Å². The summed E-state index contributed by atoms with van der Waals surface area (Å²) in [6, 6.07) is 5.28. The molecule has 0 spiro atoms. The van der Waals surface area contributed by atoms with Gasteiger partial charge in [-0.1, -0.05) is 6.07 Å². The lowest BCUT2D eigenvalue weighted by Gasteiger charge is -2.22. The number of nitrogens with two attached hydrogens (primary N) is 1. The van der Waals surface area contributed by atoms with Gasteiger partial charge in [0.2, 0.25) is 5.91 Å². The highest BCUT2D eigenvalue weighted by molar-refractivity contribution is 6.10. The van der Waals surface area contributed by atoms with Gasteiger partial charge in [0, 0.05) is 29.9 Å². The number of amides is 2. The van der Waals surface area contributed by atoms with Gasteiger partial charge in [-0.15, -0.1) is 0 Å². The van der Waals surface area contributed by atoms with Crippen LogP contribution in [0.2, 0.25) is 0 Å². The molecule has 3 fully saturated rings. The summed E-state index contributed by atoms with van der Waals surface area (Å²) in [7, 11) is 0. The minimum atomic E-state index is -2.69. The SMILES string of the molecule is NC(=O)CC(=NC(=O)c1ccc(C2CC2)c(N2CCC(F)(F)C2)c1)C1CC1. The Kier molecular flexibility index (Phi) is 4.48. The van der Waals surface area contributed by atoms with Gasteiger partial charge in [-0.25, -0.2) is 13.8 Å². The highest BCUT2D eigenvalue weighted by Gasteiger charge is 2.40. The third kappa shape index (κ3) is 4.17. The van der Waals surface area contributed by atoms with E-state index in [9.17, 15) is 18.4 Å². The minimum Gasteiger partial charge on any atom is -0.369 e. The second-order valence-electron chi connectivity index (χ2n) is 7.90. The molecule has 4 rings (SSSR count). The van der Waals surface area contributed by atoms with E-state index in [1.165, 1.54) is 0 Å². The van der Waals surface area contributed by atoms with Gasteiger partial charge < -0.3 is 10.6 Å². The second-order valence-corrected chi connectivity index (χ2v) is 7.90.